The molecular formula is C12H11ClN4O3. The van der Waals surface area contributed by atoms with Gasteiger partial charge in [-0.05, 0) is 6.07 Å². The summed E-state index contributed by atoms with van der Waals surface area (Å²) in [6.07, 6.45) is 3.27. The summed E-state index contributed by atoms with van der Waals surface area (Å²) in [5, 5.41) is 17.3. The zero-order valence-corrected chi connectivity index (χ0v) is 11.3. The van der Waals surface area contributed by atoms with Crippen LogP contribution >= 0.6 is 11.6 Å². The molecule has 2 rings (SSSR count). The van der Waals surface area contributed by atoms with Crippen LogP contribution in [0.5, 0.6) is 0 Å². The van der Waals surface area contributed by atoms with E-state index in [2.05, 4.69) is 10.2 Å². The lowest BCUT2D eigenvalue weighted by Crippen LogP contribution is -2.26. The van der Waals surface area contributed by atoms with Crippen molar-refractivity contribution >= 4 is 23.2 Å². The number of hydrogen-bond donors (Lipinski definition) is 1. The standard InChI is InChI=1S/C12H11ClN4O3/c1-16(7-8-5-14-15-6-8)12(18)9-2-10(13)4-11(3-9)17(19)20/h2-6H,7H2,1H3,(H,14,15). The molecule has 1 heterocycles. The Hall–Kier alpha value is -2.41. The summed E-state index contributed by atoms with van der Waals surface area (Å²) in [4.78, 5) is 23.8. The van der Waals surface area contributed by atoms with Gasteiger partial charge in [0.1, 0.15) is 0 Å². The quantitative estimate of drug-likeness (QED) is 0.691. The van der Waals surface area contributed by atoms with Crippen LogP contribution in [0.4, 0.5) is 5.69 Å². The fourth-order valence-corrected chi connectivity index (χ4v) is 1.96. The minimum Gasteiger partial charge on any atom is -0.337 e. The Bertz CT molecular complexity index is 642. The lowest BCUT2D eigenvalue weighted by Gasteiger charge is -2.16. The third-order valence-corrected chi connectivity index (χ3v) is 2.88. The highest BCUT2D eigenvalue weighted by atomic mass is 35.5. The van der Waals surface area contributed by atoms with Gasteiger partial charge >= 0.3 is 0 Å². The maximum absolute atomic E-state index is 12.2. The van der Waals surface area contributed by atoms with Gasteiger partial charge in [-0.15, -0.1) is 0 Å². The van der Waals surface area contributed by atoms with E-state index in [1.807, 2.05) is 0 Å². The van der Waals surface area contributed by atoms with E-state index in [0.717, 1.165) is 5.56 Å². The number of carbonyl (C=O) groups is 1. The van der Waals surface area contributed by atoms with Gasteiger partial charge in [0.05, 0.1) is 11.1 Å². The second kappa shape index (κ2) is 5.70. The number of nitro benzene ring substituents is 1. The van der Waals surface area contributed by atoms with E-state index in [1.54, 1.807) is 19.4 Å². The van der Waals surface area contributed by atoms with Crippen LogP contribution in [0.3, 0.4) is 0 Å². The van der Waals surface area contributed by atoms with Gasteiger partial charge in [0.15, 0.2) is 0 Å². The molecule has 0 aliphatic carbocycles. The Morgan fingerprint density at radius 3 is 2.85 bits per heavy atom. The first-order valence-electron chi connectivity index (χ1n) is 5.65. The lowest BCUT2D eigenvalue weighted by molar-refractivity contribution is -0.384. The molecular weight excluding hydrogens is 284 g/mol. The first-order valence-corrected chi connectivity index (χ1v) is 6.03. The van der Waals surface area contributed by atoms with Crippen molar-refractivity contribution in [3.8, 4) is 0 Å². The van der Waals surface area contributed by atoms with Crippen LogP contribution in [-0.4, -0.2) is 33.0 Å². The van der Waals surface area contributed by atoms with Crippen molar-refractivity contribution in [2.45, 2.75) is 6.54 Å². The number of hydrogen-bond acceptors (Lipinski definition) is 4. The molecule has 20 heavy (non-hydrogen) atoms. The van der Waals surface area contributed by atoms with Crippen LogP contribution in [0.2, 0.25) is 5.02 Å². The maximum Gasteiger partial charge on any atom is 0.271 e. The second-order valence-electron chi connectivity index (χ2n) is 4.22. The fraction of sp³-hybridized carbons (Fsp3) is 0.167. The molecule has 0 saturated carbocycles. The molecule has 0 fully saturated rings. The zero-order valence-electron chi connectivity index (χ0n) is 10.5. The maximum atomic E-state index is 12.2. The topological polar surface area (TPSA) is 92.1 Å². The number of aromatic nitrogens is 2. The molecule has 1 aromatic carbocycles. The number of halogens is 1. The van der Waals surface area contributed by atoms with Crippen molar-refractivity contribution in [1.29, 1.82) is 0 Å². The predicted octanol–water partition coefficient (Wildman–Crippen LogP) is 2.24. The summed E-state index contributed by atoms with van der Waals surface area (Å²) in [6.45, 7) is 0.343. The van der Waals surface area contributed by atoms with E-state index < -0.39 is 4.92 Å². The van der Waals surface area contributed by atoms with E-state index in [0.29, 0.717) is 6.54 Å². The van der Waals surface area contributed by atoms with Gasteiger partial charge in [-0.3, -0.25) is 20.0 Å². The molecule has 1 amide bonds. The first kappa shape index (κ1) is 14.0. The number of benzene rings is 1. The number of non-ortho nitro benzene ring substituents is 1. The SMILES string of the molecule is CN(Cc1cn[nH]c1)C(=O)c1cc(Cl)cc([N+](=O)[O-])c1. The number of amides is 1. The molecule has 0 saturated heterocycles. The van der Waals surface area contributed by atoms with Crippen LogP contribution in [-0.2, 0) is 6.54 Å². The summed E-state index contributed by atoms with van der Waals surface area (Å²) < 4.78 is 0. The van der Waals surface area contributed by atoms with Crippen molar-refractivity contribution in [3.05, 3.63) is 56.9 Å². The first-order chi connectivity index (χ1) is 9.47. The Morgan fingerprint density at radius 2 is 2.25 bits per heavy atom. The summed E-state index contributed by atoms with van der Waals surface area (Å²) in [5.41, 5.74) is 0.796. The van der Waals surface area contributed by atoms with E-state index in [-0.39, 0.29) is 22.2 Å². The summed E-state index contributed by atoms with van der Waals surface area (Å²) in [6, 6.07) is 3.82. The van der Waals surface area contributed by atoms with Gasteiger partial charge in [-0.25, -0.2) is 0 Å². The molecule has 2 aromatic rings. The molecule has 0 spiro atoms. The normalized spacial score (nSPS) is 10.3. The summed E-state index contributed by atoms with van der Waals surface area (Å²) in [5.74, 6) is -0.350. The Labute approximate surface area is 119 Å². The van der Waals surface area contributed by atoms with Crippen LogP contribution < -0.4 is 0 Å². The van der Waals surface area contributed by atoms with Crippen molar-refractivity contribution in [2.75, 3.05) is 7.05 Å². The molecule has 0 atom stereocenters. The van der Waals surface area contributed by atoms with Gasteiger partial charge in [0.25, 0.3) is 11.6 Å². The van der Waals surface area contributed by atoms with Crippen LogP contribution in [0, 0.1) is 10.1 Å². The molecule has 0 aliphatic heterocycles. The largest absolute Gasteiger partial charge is 0.337 e. The molecule has 0 unspecified atom stereocenters. The highest BCUT2D eigenvalue weighted by molar-refractivity contribution is 6.31. The van der Waals surface area contributed by atoms with Gasteiger partial charge in [-0.2, -0.15) is 5.10 Å². The monoisotopic (exact) mass is 294 g/mol. The van der Waals surface area contributed by atoms with E-state index in [4.69, 9.17) is 11.6 Å². The number of nitrogens with zero attached hydrogens (tertiary/aromatic N) is 3. The van der Waals surface area contributed by atoms with E-state index >= 15 is 0 Å². The van der Waals surface area contributed by atoms with E-state index in [9.17, 15) is 14.9 Å². The zero-order chi connectivity index (χ0) is 14.7. The predicted molar refractivity (Wildman–Crippen MR) is 72.5 cm³/mol. The summed E-state index contributed by atoms with van der Waals surface area (Å²) >= 11 is 5.80. The molecule has 1 N–H and O–H groups in total. The Balaban J connectivity index is 2.22. The molecule has 7 nitrogen and oxygen atoms in total. The van der Waals surface area contributed by atoms with Gasteiger partial charge in [0.2, 0.25) is 0 Å². The van der Waals surface area contributed by atoms with Gasteiger partial charge in [-0.1, -0.05) is 11.6 Å². The highest BCUT2D eigenvalue weighted by Crippen LogP contribution is 2.22. The number of carbonyl (C=O) groups excluding carboxylic acids is 1. The van der Waals surface area contributed by atoms with Gasteiger partial charge in [0, 0.05) is 48.1 Å². The molecule has 0 aliphatic rings. The second-order valence-corrected chi connectivity index (χ2v) is 4.66. The molecule has 8 heteroatoms. The lowest BCUT2D eigenvalue weighted by atomic mass is 10.1. The fourth-order valence-electron chi connectivity index (χ4n) is 1.73. The van der Waals surface area contributed by atoms with Crippen molar-refractivity contribution in [1.82, 2.24) is 15.1 Å². The van der Waals surface area contributed by atoms with Crippen LogP contribution in [0.1, 0.15) is 15.9 Å². The third kappa shape index (κ3) is 3.12. The van der Waals surface area contributed by atoms with Crippen LogP contribution in [0.15, 0.2) is 30.6 Å². The Kier molecular flexibility index (Phi) is 3.99. The summed E-state index contributed by atoms with van der Waals surface area (Å²) in [7, 11) is 1.60. The van der Waals surface area contributed by atoms with E-state index in [1.165, 1.54) is 23.1 Å². The number of rotatable bonds is 4. The number of aromatic amines is 1. The minimum atomic E-state index is -0.585. The Morgan fingerprint density at radius 1 is 1.50 bits per heavy atom. The third-order valence-electron chi connectivity index (χ3n) is 2.66. The molecule has 0 bridgehead atoms. The molecule has 104 valence electrons. The van der Waals surface area contributed by atoms with Crippen molar-refractivity contribution in [3.63, 3.8) is 0 Å². The highest BCUT2D eigenvalue weighted by Gasteiger charge is 2.17. The molecule has 1 aromatic heterocycles. The van der Waals surface area contributed by atoms with Gasteiger partial charge < -0.3 is 4.90 Å². The number of H-pyrrole nitrogens is 1. The van der Waals surface area contributed by atoms with Crippen LogP contribution in [0.25, 0.3) is 0 Å². The number of nitrogens with one attached hydrogen (secondary N) is 1. The molecule has 0 radical (unpaired) electrons. The smallest absolute Gasteiger partial charge is 0.271 e. The van der Waals surface area contributed by atoms with Crippen molar-refractivity contribution in [2.24, 2.45) is 0 Å². The average molecular weight is 295 g/mol. The van der Waals surface area contributed by atoms with Crippen molar-refractivity contribution < 1.29 is 9.72 Å². The number of nitro groups is 1. The average Bonchev–Trinajstić information content (AvgIpc) is 2.89. The minimum absolute atomic E-state index is 0.152.